The number of anilines is 1. The maximum Gasteiger partial charge on any atom is 0.123 e. The van der Waals surface area contributed by atoms with Gasteiger partial charge in [0.15, 0.2) is 0 Å². The summed E-state index contributed by atoms with van der Waals surface area (Å²) in [5, 5.41) is 6.60. The van der Waals surface area contributed by atoms with Gasteiger partial charge in [-0.05, 0) is 47.1 Å². The van der Waals surface area contributed by atoms with Gasteiger partial charge in [-0.1, -0.05) is 12.1 Å². The maximum atomic E-state index is 4.35. The lowest BCUT2D eigenvalue weighted by atomic mass is 10.2. The van der Waals surface area contributed by atoms with Crippen molar-refractivity contribution >= 4 is 44.3 Å². The van der Waals surface area contributed by atoms with E-state index in [1.165, 1.54) is 4.88 Å². The Hall–Kier alpha value is -1.17. The fourth-order valence-corrected chi connectivity index (χ4v) is 4.05. The first-order chi connectivity index (χ1) is 9.72. The topological polar surface area (TPSA) is 24.9 Å². The van der Waals surface area contributed by atoms with Crippen LogP contribution in [-0.2, 0) is 0 Å². The largest absolute Gasteiger partial charge is 0.378 e. The van der Waals surface area contributed by atoms with Crippen LogP contribution in [0.5, 0.6) is 0 Å². The van der Waals surface area contributed by atoms with Crippen LogP contribution in [0.2, 0.25) is 0 Å². The van der Waals surface area contributed by atoms with Gasteiger partial charge in [0.2, 0.25) is 0 Å². The zero-order valence-corrected chi connectivity index (χ0v) is 14.1. The number of nitrogens with one attached hydrogen (secondary N) is 1. The number of aromatic nitrogens is 1. The molecule has 2 nitrogen and oxygen atoms in total. The minimum atomic E-state index is 0.290. The quantitative estimate of drug-likeness (QED) is 0.631. The summed E-state index contributed by atoms with van der Waals surface area (Å²) >= 11 is 6.93. The second-order valence-corrected chi connectivity index (χ2v) is 7.82. The highest BCUT2D eigenvalue weighted by Gasteiger charge is 2.09. The van der Waals surface area contributed by atoms with Crippen LogP contribution in [0.25, 0.3) is 10.6 Å². The van der Waals surface area contributed by atoms with E-state index in [4.69, 9.17) is 0 Å². The van der Waals surface area contributed by atoms with Crippen LogP contribution in [-0.4, -0.2) is 4.98 Å². The molecule has 0 amide bonds. The normalized spacial score (nSPS) is 12.3. The third kappa shape index (κ3) is 3.11. The van der Waals surface area contributed by atoms with Gasteiger partial charge in [-0.2, -0.15) is 0 Å². The van der Waals surface area contributed by atoms with Gasteiger partial charge < -0.3 is 5.32 Å². The lowest BCUT2D eigenvalue weighted by Gasteiger charge is -2.14. The van der Waals surface area contributed by atoms with Crippen molar-refractivity contribution in [3.05, 3.63) is 56.6 Å². The first-order valence-electron chi connectivity index (χ1n) is 6.24. The van der Waals surface area contributed by atoms with Crippen LogP contribution < -0.4 is 5.32 Å². The summed E-state index contributed by atoms with van der Waals surface area (Å²) in [6, 6.07) is 12.9. The van der Waals surface area contributed by atoms with E-state index in [1.807, 2.05) is 11.6 Å². The summed E-state index contributed by atoms with van der Waals surface area (Å²) in [5.74, 6) is 0. The molecular weight excluding hydrogens is 352 g/mol. The number of hydrogen-bond acceptors (Lipinski definition) is 4. The van der Waals surface area contributed by atoms with Gasteiger partial charge in [0.05, 0.1) is 9.83 Å². The van der Waals surface area contributed by atoms with E-state index in [9.17, 15) is 0 Å². The first-order valence-corrected chi connectivity index (χ1v) is 8.73. The molecule has 0 aliphatic heterocycles. The SMILES string of the molecule is CC(Nc1cccc(-c2nccs2)c1)c1ccc(Br)s1. The Labute approximate surface area is 134 Å². The standard InChI is InChI=1S/C15H13BrN2S2/c1-10(13-5-6-14(16)20-13)18-12-4-2-3-11(9-12)15-17-7-8-19-15/h2-10,18H,1H3. The molecule has 0 bridgehead atoms. The molecule has 1 N–H and O–H groups in total. The highest BCUT2D eigenvalue weighted by atomic mass is 79.9. The van der Waals surface area contributed by atoms with Crippen molar-refractivity contribution in [1.82, 2.24) is 4.98 Å². The molecular formula is C15H13BrN2S2. The fraction of sp³-hybridized carbons (Fsp3) is 0.133. The average molecular weight is 365 g/mol. The van der Waals surface area contributed by atoms with Crippen molar-refractivity contribution in [2.24, 2.45) is 0 Å². The van der Waals surface area contributed by atoms with Crippen molar-refractivity contribution in [1.29, 1.82) is 0 Å². The number of thiophene rings is 1. The number of nitrogens with zero attached hydrogens (tertiary/aromatic N) is 1. The molecule has 2 aromatic heterocycles. The Morgan fingerprint density at radius 2 is 2.15 bits per heavy atom. The summed E-state index contributed by atoms with van der Waals surface area (Å²) in [4.78, 5) is 5.67. The number of hydrogen-bond donors (Lipinski definition) is 1. The number of halogens is 1. The Morgan fingerprint density at radius 3 is 2.85 bits per heavy atom. The van der Waals surface area contributed by atoms with Crippen molar-refractivity contribution in [2.45, 2.75) is 13.0 Å². The molecule has 1 aromatic carbocycles. The van der Waals surface area contributed by atoms with Crippen molar-refractivity contribution < 1.29 is 0 Å². The van der Waals surface area contributed by atoms with E-state index in [0.29, 0.717) is 0 Å². The second kappa shape index (κ2) is 6.08. The molecule has 0 spiro atoms. The molecule has 1 unspecified atom stereocenters. The number of rotatable bonds is 4. The molecule has 20 heavy (non-hydrogen) atoms. The summed E-state index contributed by atoms with van der Waals surface area (Å²) < 4.78 is 1.16. The average Bonchev–Trinajstić information content (AvgIpc) is 3.10. The van der Waals surface area contributed by atoms with Gasteiger partial charge in [0, 0.05) is 27.7 Å². The van der Waals surface area contributed by atoms with Crippen LogP contribution in [0, 0.1) is 0 Å². The van der Waals surface area contributed by atoms with Gasteiger partial charge in [-0.15, -0.1) is 22.7 Å². The van der Waals surface area contributed by atoms with E-state index in [1.54, 1.807) is 22.7 Å². The van der Waals surface area contributed by atoms with Crippen molar-refractivity contribution in [3.8, 4) is 10.6 Å². The molecule has 3 rings (SSSR count). The second-order valence-electron chi connectivity index (χ2n) is 4.43. The van der Waals surface area contributed by atoms with Gasteiger partial charge in [0.1, 0.15) is 5.01 Å². The molecule has 3 aromatic rings. The smallest absolute Gasteiger partial charge is 0.123 e. The van der Waals surface area contributed by atoms with Crippen LogP contribution in [0.3, 0.4) is 0 Å². The Balaban J connectivity index is 1.79. The molecule has 2 heterocycles. The predicted molar refractivity (Wildman–Crippen MR) is 91.6 cm³/mol. The third-order valence-corrected chi connectivity index (χ3v) is 5.57. The Kier molecular flexibility index (Phi) is 4.19. The van der Waals surface area contributed by atoms with Crippen LogP contribution in [0.4, 0.5) is 5.69 Å². The molecule has 1 atom stereocenters. The van der Waals surface area contributed by atoms with E-state index in [0.717, 1.165) is 20.0 Å². The van der Waals surface area contributed by atoms with Crippen LogP contribution in [0.1, 0.15) is 17.8 Å². The Bertz CT molecular complexity index is 691. The minimum Gasteiger partial charge on any atom is -0.378 e. The predicted octanol–water partition coefficient (Wildman–Crippen LogP) is 5.81. The Morgan fingerprint density at radius 1 is 1.25 bits per heavy atom. The molecule has 0 saturated heterocycles. The summed E-state index contributed by atoms with van der Waals surface area (Å²) in [6.07, 6.45) is 1.84. The number of thiazole rings is 1. The molecule has 5 heteroatoms. The maximum absolute atomic E-state index is 4.35. The molecule has 0 fully saturated rings. The highest BCUT2D eigenvalue weighted by Crippen LogP contribution is 2.30. The fourth-order valence-electron chi connectivity index (χ4n) is 1.99. The third-order valence-electron chi connectivity index (χ3n) is 2.95. The van der Waals surface area contributed by atoms with E-state index < -0.39 is 0 Å². The van der Waals surface area contributed by atoms with E-state index in [-0.39, 0.29) is 6.04 Å². The van der Waals surface area contributed by atoms with Crippen LogP contribution in [0.15, 0.2) is 51.8 Å². The van der Waals surface area contributed by atoms with Crippen LogP contribution >= 0.6 is 38.6 Å². The zero-order valence-electron chi connectivity index (χ0n) is 10.8. The first kappa shape index (κ1) is 13.8. The lowest BCUT2D eigenvalue weighted by molar-refractivity contribution is 0.908. The molecule has 0 aliphatic rings. The number of benzene rings is 1. The lowest BCUT2D eigenvalue weighted by Crippen LogP contribution is -2.04. The zero-order chi connectivity index (χ0) is 13.9. The molecule has 0 aliphatic carbocycles. The van der Waals surface area contributed by atoms with E-state index >= 15 is 0 Å². The van der Waals surface area contributed by atoms with E-state index in [2.05, 4.69) is 69.6 Å². The van der Waals surface area contributed by atoms with Crippen molar-refractivity contribution in [3.63, 3.8) is 0 Å². The van der Waals surface area contributed by atoms with Gasteiger partial charge in [0.25, 0.3) is 0 Å². The summed E-state index contributed by atoms with van der Waals surface area (Å²) in [7, 11) is 0. The highest BCUT2D eigenvalue weighted by molar-refractivity contribution is 9.11. The molecule has 0 radical (unpaired) electrons. The minimum absolute atomic E-state index is 0.290. The molecule has 0 saturated carbocycles. The van der Waals surface area contributed by atoms with Gasteiger partial charge in [-0.3, -0.25) is 0 Å². The molecule has 102 valence electrons. The summed E-state index contributed by atoms with van der Waals surface area (Å²) in [5.41, 5.74) is 2.28. The van der Waals surface area contributed by atoms with Gasteiger partial charge >= 0.3 is 0 Å². The monoisotopic (exact) mass is 364 g/mol. The van der Waals surface area contributed by atoms with Crippen molar-refractivity contribution in [2.75, 3.05) is 5.32 Å². The van der Waals surface area contributed by atoms with Gasteiger partial charge in [-0.25, -0.2) is 4.98 Å². The summed E-state index contributed by atoms with van der Waals surface area (Å²) in [6.45, 7) is 2.17.